The van der Waals surface area contributed by atoms with Gasteiger partial charge in [-0.3, -0.25) is 0 Å². The molecule has 0 spiro atoms. The van der Waals surface area contributed by atoms with Crippen LogP contribution in [-0.2, 0) is 6.54 Å². The van der Waals surface area contributed by atoms with E-state index in [1.54, 1.807) is 0 Å². The second-order valence-corrected chi connectivity index (χ2v) is 6.35. The molecular weight excluding hydrogens is 234 g/mol. The summed E-state index contributed by atoms with van der Waals surface area (Å²) in [5, 5.41) is 3.60. The minimum absolute atomic E-state index is 0.207. The zero-order valence-corrected chi connectivity index (χ0v) is 12.1. The second-order valence-electron chi connectivity index (χ2n) is 5.73. The van der Waals surface area contributed by atoms with Crippen LogP contribution >= 0.6 is 11.6 Å². The largest absolute Gasteiger partial charge is 0.334 e. The minimum Gasteiger partial charge on any atom is -0.334 e. The van der Waals surface area contributed by atoms with E-state index in [0.717, 1.165) is 31.9 Å². The third kappa shape index (κ3) is 6.08. The van der Waals surface area contributed by atoms with Gasteiger partial charge in [-0.15, -0.1) is 11.6 Å². The van der Waals surface area contributed by atoms with E-state index >= 15 is 0 Å². The predicted molar refractivity (Wildman–Crippen MR) is 73.5 cm³/mol. The van der Waals surface area contributed by atoms with Gasteiger partial charge in [0, 0.05) is 37.4 Å². The van der Waals surface area contributed by atoms with Crippen LogP contribution in [0.4, 0.5) is 0 Å². The molecule has 0 amide bonds. The summed E-state index contributed by atoms with van der Waals surface area (Å²) in [5.41, 5.74) is 0.301. The molecule has 98 valence electrons. The summed E-state index contributed by atoms with van der Waals surface area (Å²) in [7, 11) is 0. The molecule has 17 heavy (non-hydrogen) atoms. The van der Waals surface area contributed by atoms with Crippen molar-refractivity contribution in [2.24, 2.45) is 5.41 Å². The Bertz CT molecular complexity index is 328. The van der Waals surface area contributed by atoms with E-state index in [9.17, 15) is 0 Å². The van der Waals surface area contributed by atoms with Gasteiger partial charge in [-0.1, -0.05) is 20.8 Å². The molecule has 0 saturated heterocycles. The minimum atomic E-state index is 0.207. The van der Waals surface area contributed by atoms with E-state index in [1.807, 2.05) is 19.3 Å². The smallest absolute Gasteiger partial charge is 0.105 e. The standard InChI is InChI=1S/C13H24ClN3/c1-11-16-6-8-17(11)7-5-15-10-12(14)9-13(2,3)4/h6,8,12,15H,5,7,9-10H2,1-4H3. The second kappa shape index (κ2) is 6.41. The van der Waals surface area contributed by atoms with Crippen molar-refractivity contribution in [2.75, 3.05) is 13.1 Å². The zero-order chi connectivity index (χ0) is 12.9. The monoisotopic (exact) mass is 257 g/mol. The Morgan fingerprint density at radius 3 is 2.71 bits per heavy atom. The zero-order valence-electron chi connectivity index (χ0n) is 11.3. The highest BCUT2D eigenvalue weighted by Gasteiger charge is 2.16. The van der Waals surface area contributed by atoms with E-state index < -0.39 is 0 Å². The maximum absolute atomic E-state index is 6.28. The molecule has 1 aromatic heterocycles. The average molecular weight is 258 g/mol. The van der Waals surface area contributed by atoms with Crippen LogP contribution in [0.3, 0.4) is 0 Å². The van der Waals surface area contributed by atoms with Crippen molar-refractivity contribution in [3.8, 4) is 0 Å². The molecule has 1 heterocycles. The van der Waals surface area contributed by atoms with E-state index in [1.165, 1.54) is 0 Å². The van der Waals surface area contributed by atoms with Crippen LogP contribution in [0.1, 0.15) is 33.0 Å². The summed E-state index contributed by atoms with van der Waals surface area (Å²) in [6.45, 7) is 11.4. The van der Waals surface area contributed by atoms with Gasteiger partial charge >= 0.3 is 0 Å². The number of aromatic nitrogens is 2. The Labute approximate surface area is 110 Å². The summed E-state index contributed by atoms with van der Waals surface area (Å²) in [6.07, 6.45) is 4.87. The summed E-state index contributed by atoms with van der Waals surface area (Å²) >= 11 is 6.28. The maximum Gasteiger partial charge on any atom is 0.105 e. The maximum atomic E-state index is 6.28. The fraction of sp³-hybridized carbons (Fsp3) is 0.769. The molecule has 0 aliphatic rings. The Balaban J connectivity index is 2.14. The molecule has 1 rings (SSSR count). The highest BCUT2D eigenvalue weighted by atomic mass is 35.5. The number of rotatable bonds is 6. The number of hydrogen-bond donors (Lipinski definition) is 1. The molecule has 0 radical (unpaired) electrons. The average Bonchev–Trinajstić information content (AvgIpc) is 2.56. The lowest BCUT2D eigenvalue weighted by molar-refractivity contribution is 0.364. The van der Waals surface area contributed by atoms with Crippen molar-refractivity contribution in [1.29, 1.82) is 0 Å². The summed E-state index contributed by atoms with van der Waals surface area (Å²) in [6, 6.07) is 0. The molecule has 0 fully saturated rings. The van der Waals surface area contributed by atoms with Gasteiger partial charge in [0.25, 0.3) is 0 Å². The fourth-order valence-corrected chi connectivity index (χ4v) is 2.41. The summed E-state index contributed by atoms with van der Waals surface area (Å²) in [5.74, 6) is 1.06. The lowest BCUT2D eigenvalue weighted by atomic mass is 9.90. The van der Waals surface area contributed by atoms with Crippen molar-refractivity contribution < 1.29 is 0 Å². The number of hydrogen-bond acceptors (Lipinski definition) is 2. The summed E-state index contributed by atoms with van der Waals surface area (Å²) < 4.78 is 2.14. The number of halogens is 1. The Morgan fingerprint density at radius 1 is 1.47 bits per heavy atom. The molecule has 0 aliphatic heterocycles. The predicted octanol–water partition coefficient (Wildman–Crippen LogP) is 2.82. The number of aryl methyl sites for hydroxylation is 1. The van der Waals surface area contributed by atoms with Gasteiger partial charge in [0.2, 0.25) is 0 Å². The molecule has 0 aliphatic carbocycles. The number of imidazole rings is 1. The first-order valence-electron chi connectivity index (χ1n) is 6.21. The van der Waals surface area contributed by atoms with E-state index in [2.05, 4.69) is 35.6 Å². The molecule has 0 bridgehead atoms. The molecular formula is C13H24ClN3. The Kier molecular flexibility index (Phi) is 5.47. The molecule has 0 aromatic carbocycles. The van der Waals surface area contributed by atoms with Gasteiger partial charge in [-0.2, -0.15) is 0 Å². The summed E-state index contributed by atoms with van der Waals surface area (Å²) in [4.78, 5) is 4.19. The Hall–Kier alpha value is -0.540. The van der Waals surface area contributed by atoms with Crippen LogP contribution in [0.2, 0.25) is 0 Å². The molecule has 4 heteroatoms. The van der Waals surface area contributed by atoms with E-state index in [0.29, 0.717) is 5.41 Å². The Morgan fingerprint density at radius 2 is 2.18 bits per heavy atom. The van der Waals surface area contributed by atoms with E-state index in [4.69, 9.17) is 11.6 Å². The van der Waals surface area contributed by atoms with E-state index in [-0.39, 0.29) is 5.38 Å². The molecule has 1 atom stereocenters. The van der Waals surface area contributed by atoms with Crippen molar-refractivity contribution >= 4 is 11.6 Å². The van der Waals surface area contributed by atoms with Crippen LogP contribution in [0.5, 0.6) is 0 Å². The lowest BCUT2D eigenvalue weighted by Gasteiger charge is -2.22. The van der Waals surface area contributed by atoms with Crippen LogP contribution in [0.25, 0.3) is 0 Å². The third-order valence-electron chi connectivity index (χ3n) is 2.65. The highest BCUT2D eigenvalue weighted by molar-refractivity contribution is 6.20. The van der Waals surface area contributed by atoms with Gasteiger partial charge in [0.1, 0.15) is 5.82 Å². The van der Waals surface area contributed by atoms with Gasteiger partial charge in [-0.05, 0) is 18.8 Å². The number of nitrogens with one attached hydrogen (secondary N) is 1. The van der Waals surface area contributed by atoms with Gasteiger partial charge < -0.3 is 9.88 Å². The van der Waals surface area contributed by atoms with Gasteiger partial charge in [0.05, 0.1) is 0 Å². The first kappa shape index (κ1) is 14.5. The first-order valence-corrected chi connectivity index (χ1v) is 6.64. The third-order valence-corrected chi connectivity index (χ3v) is 2.96. The van der Waals surface area contributed by atoms with Crippen molar-refractivity contribution in [3.05, 3.63) is 18.2 Å². The quantitative estimate of drug-likeness (QED) is 0.627. The van der Waals surface area contributed by atoms with Crippen molar-refractivity contribution in [2.45, 2.75) is 46.0 Å². The van der Waals surface area contributed by atoms with Crippen LogP contribution < -0.4 is 5.32 Å². The molecule has 1 N–H and O–H groups in total. The molecule has 1 unspecified atom stereocenters. The molecule has 3 nitrogen and oxygen atoms in total. The highest BCUT2D eigenvalue weighted by Crippen LogP contribution is 2.23. The van der Waals surface area contributed by atoms with Crippen LogP contribution in [-0.4, -0.2) is 28.0 Å². The lowest BCUT2D eigenvalue weighted by Crippen LogP contribution is -2.29. The van der Waals surface area contributed by atoms with Gasteiger partial charge in [-0.25, -0.2) is 4.98 Å². The van der Waals surface area contributed by atoms with Gasteiger partial charge in [0.15, 0.2) is 0 Å². The first-order chi connectivity index (χ1) is 7.88. The van der Waals surface area contributed by atoms with Crippen LogP contribution in [0, 0.1) is 12.3 Å². The normalized spacial score (nSPS) is 13.9. The van der Waals surface area contributed by atoms with Crippen molar-refractivity contribution in [1.82, 2.24) is 14.9 Å². The topological polar surface area (TPSA) is 29.9 Å². The fourth-order valence-electron chi connectivity index (χ4n) is 1.83. The number of nitrogens with zero attached hydrogens (tertiary/aromatic N) is 2. The van der Waals surface area contributed by atoms with Crippen molar-refractivity contribution in [3.63, 3.8) is 0 Å². The SMILES string of the molecule is Cc1nccn1CCNCC(Cl)CC(C)(C)C. The number of alkyl halides is 1. The van der Waals surface area contributed by atoms with Crippen LogP contribution in [0.15, 0.2) is 12.4 Å². The molecule has 0 saturated carbocycles. The molecule has 1 aromatic rings.